The normalized spacial score (nSPS) is 11.1. The lowest BCUT2D eigenvalue weighted by Crippen LogP contribution is -2.45. The summed E-state index contributed by atoms with van der Waals surface area (Å²) in [4.78, 5) is 12.1. The monoisotopic (exact) mass is 314 g/mol. The molecule has 1 rings (SSSR count). The summed E-state index contributed by atoms with van der Waals surface area (Å²) in [6.45, 7) is 6.56. The van der Waals surface area contributed by atoms with Crippen LogP contribution < -0.4 is 20.5 Å². The second-order valence-electron chi connectivity index (χ2n) is 5.51. The van der Waals surface area contributed by atoms with E-state index in [-0.39, 0.29) is 5.91 Å². The fourth-order valence-corrected chi connectivity index (χ4v) is 1.87. The maximum absolute atomic E-state index is 12.1. The molecule has 118 valence electrons. The quantitative estimate of drug-likeness (QED) is 0.811. The van der Waals surface area contributed by atoms with Gasteiger partial charge in [0.1, 0.15) is 0 Å². The zero-order valence-corrected chi connectivity index (χ0v) is 13.7. The van der Waals surface area contributed by atoms with E-state index in [1.54, 1.807) is 12.1 Å². The molecule has 0 atom stereocenters. The minimum Gasteiger partial charge on any atom is -0.493 e. The highest BCUT2D eigenvalue weighted by atomic mass is 35.5. The third-order valence-electron chi connectivity index (χ3n) is 2.65. The van der Waals surface area contributed by atoms with Crippen molar-refractivity contribution in [1.29, 1.82) is 0 Å². The maximum atomic E-state index is 12.1. The Morgan fingerprint density at radius 1 is 1.43 bits per heavy atom. The van der Waals surface area contributed by atoms with Crippen LogP contribution in [0.2, 0.25) is 5.02 Å². The van der Waals surface area contributed by atoms with Crippen LogP contribution in [0.15, 0.2) is 12.1 Å². The molecular weight excluding hydrogens is 292 g/mol. The van der Waals surface area contributed by atoms with E-state index in [1.165, 1.54) is 7.11 Å². The predicted molar refractivity (Wildman–Crippen MR) is 84.4 cm³/mol. The Hall–Kier alpha value is -1.46. The average molecular weight is 315 g/mol. The highest BCUT2D eigenvalue weighted by Gasteiger charge is 2.17. The number of benzene rings is 1. The van der Waals surface area contributed by atoms with Crippen molar-refractivity contribution in [3.8, 4) is 11.5 Å². The number of carbonyl (C=O) groups excluding carboxylic acids is 1. The minimum atomic E-state index is -0.478. The van der Waals surface area contributed by atoms with Crippen molar-refractivity contribution in [2.45, 2.75) is 32.7 Å². The van der Waals surface area contributed by atoms with E-state index < -0.39 is 5.54 Å². The van der Waals surface area contributed by atoms with Crippen molar-refractivity contribution in [1.82, 2.24) is 5.32 Å². The van der Waals surface area contributed by atoms with Gasteiger partial charge in [0, 0.05) is 17.6 Å². The van der Waals surface area contributed by atoms with E-state index in [0.717, 1.165) is 6.42 Å². The van der Waals surface area contributed by atoms with Gasteiger partial charge in [-0.2, -0.15) is 0 Å². The van der Waals surface area contributed by atoms with Crippen molar-refractivity contribution in [2.24, 2.45) is 5.73 Å². The summed E-state index contributed by atoms with van der Waals surface area (Å²) in [5.74, 6) is 0.639. The maximum Gasteiger partial charge on any atom is 0.251 e. The zero-order valence-electron chi connectivity index (χ0n) is 13.0. The summed E-state index contributed by atoms with van der Waals surface area (Å²) >= 11 is 6.17. The van der Waals surface area contributed by atoms with Gasteiger partial charge in [-0.05, 0) is 32.4 Å². The van der Waals surface area contributed by atoms with Gasteiger partial charge in [-0.15, -0.1) is 0 Å². The smallest absolute Gasteiger partial charge is 0.251 e. The Kier molecular flexibility index (Phi) is 6.30. The van der Waals surface area contributed by atoms with Crippen molar-refractivity contribution in [2.75, 3.05) is 20.3 Å². The third-order valence-corrected chi connectivity index (χ3v) is 2.93. The molecule has 0 fully saturated rings. The van der Waals surface area contributed by atoms with E-state index in [0.29, 0.717) is 35.2 Å². The third kappa shape index (κ3) is 5.44. The lowest BCUT2D eigenvalue weighted by atomic mass is 10.1. The molecule has 0 aliphatic rings. The average Bonchev–Trinajstić information content (AvgIpc) is 2.41. The van der Waals surface area contributed by atoms with Crippen molar-refractivity contribution in [3.63, 3.8) is 0 Å². The first kappa shape index (κ1) is 17.6. The molecule has 0 radical (unpaired) electrons. The fraction of sp³-hybridized carbons (Fsp3) is 0.533. The topological polar surface area (TPSA) is 73.6 Å². The molecule has 0 unspecified atom stereocenters. The summed E-state index contributed by atoms with van der Waals surface area (Å²) in [6.07, 6.45) is 0.854. The van der Waals surface area contributed by atoms with Gasteiger partial charge in [-0.25, -0.2) is 0 Å². The Morgan fingerprint density at radius 3 is 2.62 bits per heavy atom. The number of nitrogens with one attached hydrogen (secondary N) is 1. The van der Waals surface area contributed by atoms with E-state index >= 15 is 0 Å². The second kappa shape index (κ2) is 7.52. The van der Waals surface area contributed by atoms with Crippen LogP contribution in [-0.2, 0) is 0 Å². The molecule has 0 aliphatic carbocycles. The largest absolute Gasteiger partial charge is 0.493 e. The number of hydrogen-bond donors (Lipinski definition) is 2. The van der Waals surface area contributed by atoms with Crippen molar-refractivity contribution < 1.29 is 14.3 Å². The summed E-state index contributed by atoms with van der Waals surface area (Å²) < 4.78 is 10.8. The van der Waals surface area contributed by atoms with Gasteiger partial charge < -0.3 is 20.5 Å². The van der Waals surface area contributed by atoms with Gasteiger partial charge >= 0.3 is 0 Å². The van der Waals surface area contributed by atoms with Crippen LogP contribution in [0.25, 0.3) is 0 Å². The molecule has 1 amide bonds. The first-order valence-electron chi connectivity index (χ1n) is 6.86. The summed E-state index contributed by atoms with van der Waals surface area (Å²) in [6, 6.07) is 3.17. The number of halogens is 1. The second-order valence-corrected chi connectivity index (χ2v) is 5.92. The molecule has 3 N–H and O–H groups in total. The van der Waals surface area contributed by atoms with Crippen LogP contribution in [0.4, 0.5) is 0 Å². The highest BCUT2D eigenvalue weighted by molar-refractivity contribution is 6.32. The number of carbonyl (C=O) groups is 1. The lowest BCUT2D eigenvalue weighted by Gasteiger charge is -2.19. The molecule has 0 saturated carbocycles. The van der Waals surface area contributed by atoms with Gasteiger partial charge in [-0.3, -0.25) is 4.79 Å². The van der Waals surface area contributed by atoms with Crippen LogP contribution in [0.1, 0.15) is 37.6 Å². The molecule has 0 aromatic heterocycles. The van der Waals surface area contributed by atoms with Gasteiger partial charge in [-0.1, -0.05) is 18.5 Å². The number of nitrogens with two attached hydrogens (primary N) is 1. The van der Waals surface area contributed by atoms with E-state index in [1.807, 2.05) is 20.8 Å². The van der Waals surface area contributed by atoms with Gasteiger partial charge in [0.15, 0.2) is 11.5 Å². The molecular formula is C15H23ClN2O3. The number of amides is 1. The number of ether oxygens (including phenoxy) is 2. The highest BCUT2D eigenvalue weighted by Crippen LogP contribution is 2.36. The van der Waals surface area contributed by atoms with E-state index in [9.17, 15) is 4.79 Å². The molecule has 1 aromatic rings. The van der Waals surface area contributed by atoms with E-state index in [2.05, 4.69) is 5.32 Å². The molecule has 21 heavy (non-hydrogen) atoms. The number of hydrogen-bond acceptors (Lipinski definition) is 4. The Bertz CT molecular complexity index is 498. The standard InChI is InChI=1S/C15H23ClN2O3/c1-5-6-21-13-11(16)7-10(8-12(13)20-4)14(19)18-9-15(2,3)17/h7-8H,5-6,9,17H2,1-4H3,(H,18,19). The zero-order chi connectivity index (χ0) is 16.0. The van der Waals surface area contributed by atoms with E-state index in [4.69, 9.17) is 26.8 Å². The molecule has 0 spiro atoms. The van der Waals surface area contributed by atoms with Gasteiger partial charge in [0.2, 0.25) is 0 Å². The van der Waals surface area contributed by atoms with Crippen LogP contribution in [-0.4, -0.2) is 31.7 Å². The van der Waals surface area contributed by atoms with Crippen molar-refractivity contribution >= 4 is 17.5 Å². The fourth-order valence-electron chi connectivity index (χ4n) is 1.61. The van der Waals surface area contributed by atoms with Crippen LogP contribution in [0, 0.1) is 0 Å². The number of methoxy groups -OCH3 is 1. The van der Waals surface area contributed by atoms with Gasteiger partial charge in [0.25, 0.3) is 5.91 Å². The summed E-state index contributed by atoms with van der Waals surface area (Å²) in [5.41, 5.74) is 5.77. The Morgan fingerprint density at radius 2 is 2.10 bits per heavy atom. The Balaban J connectivity index is 2.94. The molecule has 6 heteroatoms. The van der Waals surface area contributed by atoms with Crippen LogP contribution >= 0.6 is 11.6 Å². The van der Waals surface area contributed by atoms with Crippen LogP contribution in [0.5, 0.6) is 11.5 Å². The van der Waals surface area contributed by atoms with Gasteiger partial charge in [0.05, 0.1) is 18.7 Å². The minimum absolute atomic E-state index is 0.254. The van der Waals surface area contributed by atoms with Crippen molar-refractivity contribution in [3.05, 3.63) is 22.7 Å². The lowest BCUT2D eigenvalue weighted by molar-refractivity contribution is 0.0945. The first-order chi connectivity index (χ1) is 9.78. The Labute approximate surface area is 130 Å². The molecule has 0 heterocycles. The molecule has 5 nitrogen and oxygen atoms in total. The molecule has 0 saturated heterocycles. The number of rotatable bonds is 7. The molecule has 0 aliphatic heterocycles. The summed E-state index contributed by atoms with van der Waals surface area (Å²) in [7, 11) is 1.51. The van der Waals surface area contributed by atoms with Crippen LogP contribution in [0.3, 0.4) is 0 Å². The predicted octanol–water partition coefficient (Wildman–Crippen LogP) is 2.60. The molecule has 0 bridgehead atoms. The summed E-state index contributed by atoms with van der Waals surface area (Å²) in [5, 5.41) is 3.11. The SMILES string of the molecule is CCCOc1c(Cl)cc(C(=O)NCC(C)(C)N)cc1OC. The molecule has 1 aromatic carbocycles. The first-order valence-corrected chi connectivity index (χ1v) is 7.23.